The van der Waals surface area contributed by atoms with Crippen LogP contribution in [0.3, 0.4) is 0 Å². The monoisotopic (exact) mass is 457 g/mol. The average molecular weight is 458 g/mol. The van der Waals surface area contributed by atoms with Crippen LogP contribution in [0.15, 0.2) is 42.3 Å². The van der Waals surface area contributed by atoms with E-state index in [2.05, 4.69) is 0 Å². The molecule has 3 aliphatic rings. The first-order valence-corrected chi connectivity index (χ1v) is 10.7. The molecular formula is C25H27N3O5. The van der Waals surface area contributed by atoms with Gasteiger partial charge in [0.2, 0.25) is 11.8 Å². The molecule has 8 heteroatoms. The molecule has 1 N–H and O–H groups in total. The first kappa shape index (κ1) is 14.1. The van der Waals surface area contributed by atoms with Crippen LogP contribution in [0, 0.1) is 0 Å². The van der Waals surface area contributed by atoms with Gasteiger partial charge in [0.1, 0.15) is 18.4 Å². The fourth-order valence-corrected chi connectivity index (χ4v) is 3.96. The molecule has 2 fully saturated rings. The first-order valence-electron chi connectivity index (χ1n) is 14.7. The van der Waals surface area contributed by atoms with E-state index in [-0.39, 0.29) is 71.6 Å². The van der Waals surface area contributed by atoms with Crippen molar-refractivity contribution in [3.05, 3.63) is 64.6 Å². The van der Waals surface area contributed by atoms with E-state index in [4.69, 9.17) is 20.4 Å². The zero-order valence-electron chi connectivity index (χ0n) is 25.8. The Balaban J connectivity index is 1.47. The Hall–Kier alpha value is -3.23. The lowest BCUT2D eigenvalue weighted by Gasteiger charge is -2.29. The molecule has 8 nitrogen and oxygen atoms in total. The van der Waals surface area contributed by atoms with E-state index in [0.717, 1.165) is 4.90 Å². The zero-order valence-corrected chi connectivity index (χ0v) is 17.8. The van der Waals surface area contributed by atoms with E-state index < -0.39 is 55.0 Å². The van der Waals surface area contributed by atoms with Crippen molar-refractivity contribution < 1.29 is 34.8 Å². The number of hydrogen-bond acceptors (Lipinski definition) is 6. The molecule has 0 radical (unpaired) electrons. The van der Waals surface area contributed by atoms with Gasteiger partial charge in [0.05, 0.1) is 30.7 Å². The third-order valence-corrected chi connectivity index (χ3v) is 5.72. The molecule has 172 valence electrons. The van der Waals surface area contributed by atoms with E-state index >= 15 is 0 Å². The predicted octanol–water partition coefficient (Wildman–Crippen LogP) is 1.86. The minimum Gasteiger partial charge on any atom is -0.489 e. The quantitative estimate of drug-likeness (QED) is 0.667. The Morgan fingerprint density at radius 3 is 2.61 bits per heavy atom. The van der Waals surface area contributed by atoms with Crippen molar-refractivity contribution in [3.8, 4) is 5.75 Å². The second-order valence-electron chi connectivity index (χ2n) is 7.91. The van der Waals surface area contributed by atoms with Gasteiger partial charge in [-0.05, 0) is 29.6 Å². The van der Waals surface area contributed by atoms with Gasteiger partial charge in [-0.2, -0.15) is 0 Å². The van der Waals surface area contributed by atoms with E-state index in [1.165, 1.54) is 0 Å². The summed E-state index contributed by atoms with van der Waals surface area (Å²) < 4.78 is 78.7. The number of rotatable bonds is 6. The molecule has 5 rings (SSSR count). The normalized spacial score (nSPS) is 26.8. The number of nitrogens with zero attached hydrogens (tertiary/aromatic N) is 2. The summed E-state index contributed by atoms with van der Waals surface area (Å²) in [5.74, 6) is -2.76. The molecule has 3 aliphatic heterocycles. The molecule has 1 atom stereocenters. The van der Waals surface area contributed by atoms with Gasteiger partial charge < -0.3 is 14.4 Å². The van der Waals surface area contributed by atoms with Crippen LogP contribution in [0.5, 0.6) is 5.75 Å². The third kappa shape index (κ3) is 4.62. The number of carbonyl (C=O) groups is 3. The van der Waals surface area contributed by atoms with Crippen LogP contribution in [0.4, 0.5) is 0 Å². The van der Waals surface area contributed by atoms with Gasteiger partial charge in [0, 0.05) is 37.2 Å². The summed E-state index contributed by atoms with van der Waals surface area (Å²) >= 11 is 0. The maximum atomic E-state index is 13.3. The van der Waals surface area contributed by atoms with Crippen molar-refractivity contribution in [1.82, 2.24) is 15.1 Å². The molecular weight excluding hydrogens is 422 g/mol. The number of benzene rings is 2. The minimum absolute atomic E-state index is 0.00322. The fourth-order valence-electron chi connectivity index (χ4n) is 3.96. The van der Waals surface area contributed by atoms with Gasteiger partial charge in [-0.1, -0.05) is 30.2 Å². The van der Waals surface area contributed by atoms with Crippen LogP contribution < -0.4 is 10.1 Å². The topological polar surface area (TPSA) is 88.2 Å². The van der Waals surface area contributed by atoms with Crippen molar-refractivity contribution in [1.29, 1.82) is 0 Å². The van der Waals surface area contributed by atoms with Crippen molar-refractivity contribution >= 4 is 17.7 Å². The lowest BCUT2D eigenvalue weighted by molar-refractivity contribution is -0.136. The second kappa shape index (κ2) is 9.33. The molecule has 0 spiro atoms. The third-order valence-electron chi connectivity index (χ3n) is 5.72. The SMILES string of the molecule is [2H]c1c([2H])c(OCc2c([2H])c([2H])c(CN3CCOCC3)c([2H])c2[2H])c2c(c1[2H])C(=O)N([C@]1([2H])CCC(=O)NC1=O)C2. The number of fused-ring (bicyclic) bond motifs is 1. The molecule has 0 aliphatic carbocycles. The van der Waals surface area contributed by atoms with Crippen LogP contribution in [0.25, 0.3) is 0 Å². The number of imide groups is 1. The molecule has 2 aromatic carbocycles. The summed E-state index contributed by atoms with van der Waals surface area (Å²) in [5.41, 5.74) is -0.177. The summed E-state index contributed by atoms with van der Waals surface area (Å²) in [6, 6.07) is -5.01. The Bertz CT molecular complexity index is 1450. The number of amides is 3. The van der Waals surface area contributed by atoms with E-state index in [0.29, 0.717) is 26.3 Å². The number of ether oxygens (including phenoxy) is 2. The summed E-state index contributed by atoms with van der Waals surface area (Å²) in [4.78, 5) is 40.4. The molecule has 2 saturated heterocycles. The minimum atomic E-state index is -2.16. The van der Waals surface area contributed by atoms with Crippen LogP contribution in [0.2, 0.25) is 0 Å². The van der Waals surface area contributed by atoms with Crippen LogP contribution in [0.1, 0.15) is 50.9 Å². The lowest BCUT2D eigenvalue weighted by atomic mass is 10.0. The van der Waals surface area contributed by atoms with E-state index in [9.17, 15) is 14.4 Å². The molecule has 0 bridgehead atoms. The molecule has 2 aromatic rings. The maximum absolute atomic E-state index is 13.3. The van der Waals surface area contributed by atoms with Gasteiger partial charge in [0.25, 0.3) is 5.91 Å². The van der Waals surface area contributed by atoms with Gasteiger partial charge >= 0.3 is 0 Å². The van der Waals surface area contributed by atoms with E-state index in [1.807, 2.05) is 10.2 Å². The highest BCUT2D eigenvalue weighted by atomic mass is 16.5. The van der Waals surface area contributed by atoms with Crippen molar-refractivity contribution in [2.75, 3.05) is 26.3 Å². The Morgan fingerprint density at radius 2 is 1.85 bits per heavy atom. The van der Waals surface area contributed by atoms with E-state index in [1.54, 1.807) is 0 Å². The van der Waals surface area contributed by atoms with Crippen LogP contribution >= 0.6 is 0 Å². The first-order chi connectivity index (χ1) is 19.4. The van der Waals surface area contributed by atoms with Crippen molar-refractivity contribution in [3.63, 3.8) is 0 Å². The Kier molecular flexibility index (Phi) is 3.99. The predicted molar refractivity (Wildman–Crippen MR) is 119 cm³/mol. The summed E-state index contributed by atoms with van der Waals surface area (Å²) in [7, 11) is 0. The largest absolute Gasteiger partial charge is 0.489 e. The summed E-state index contributed by atoms with van der Waals surface area (Å²) in [6.07, 6.45) is -0.451. The molecule has 33 heavy (non-hydrogen) atoms. The molecule has 0 unspecified atom stereocenters. The smallest absolute Gasteiger partial charge is 0.255 e. The van der Waals surface area contributed by atoms with Gasteiger partial charge in [-0.25, -0.2) is 0 Å². The standard InChI is InChI=1S/C25H27N3O5/c29-23-9-8-21(24(30)26-23)28-15-20-19(25(28)31)2-1-3-22(20)33-16-18-6-4-17(5-7-18)14-27-10-12-32-13-11-27/h1-7,21H,8-16H2,(H,26,29,30)/t21-/m1/s1/i1D,2D,3D,4D,5D,6D,7D,21D. The van der Waals surface area contributed by atoms with Gasteiger partial charge in [-0.15, -0.1) is 0 Å². The number of morpholine rings is 1. The zero-order chi connectivity index (χ0) is 29.8. The second-order valence-corrected chi connectivity index (χ2v) is 7.91. The summed E-state index contributed by atoms with van der Waals surface area (Å²) in [6.45, 7) is 1.48. The van der Waals surface area contributed by atoms with Crippen LogP contribution in [-0.2, 0) is 34.0 Å². The molecule has 0 saturated carbocycles. The highest BCUT2D eigenvalue weighted by molar-refractivity contribution is 6.05. The number of carbonyl (C=O) groups excluding carboxylic acids is 3. The number of hydrogen-bond donors (Lipinski definition) is 1. The Labute approximate surface area is 203 Å². The van der Waals surface area contributed by atoms with Crippen molar-refractivity contribution in [2.45, 2.75) is 38.6 Å². The molecule has 0 aromatic heterocycles. The fraction of sp³-hybridized carbons (Fsp3) is 0.400. The lowest BCUT2D eigenvalue weighted by Crippen LogP contribution is -2.52. The van der Waals surface area contributed by atoms with Crippen LogP contribution in [-0.4, -0.2) is 59.8 Å². The highest BCUT2D eigenvalue weighted by Crippen LogP contribution is 2.34. The van der Waals surface area contributed by atoms with Gasteiger partial charge in [0.15, 0.2) is 0 Å². The van der Waals surface area contributed by atoms with Crippen molar-refractivity contribution in [2.24, 2.45) is 0 Å². The molecule has 3 amide bonds. The maximum Gasteiger partial charge on any atom is 0.255 e. The number of nitrogens with one attached hydrogen (secondary N) is 1. The Morgan fingerprint density at radius 1 is 1.09 bits per heavy atom. The highest BCUT2D eigenvalue weighted by Gasteiger charge is 2.40. The summed E-state index contributed by atoms with van der Waals surface area (Å²) in [5, 5.41) is 2.05. The van der Waals surface area contributed by atoms with Gasteiger partial charge in [-0.3, -0.25) is 24.6 Å². The average Bonchev–Trinajstić information content (AvgIpc) is 3.30. The molecule has 3 heterocycles. The number of piperidine rings is 1.